The maximum Gasteiger partial charge on any atom is 0.0283 e. The molecule has 3 rings (SSSR count). The predicted octanol–water partition coefficient (Wildman–Crippen LogP) is 6.49. The Bertz CT molecular complexity index is 629. The van der Waals surface area contributed by atoms with E-state index in [1.54, 1.807) is 11.1 Å². The van der Waals surface area contributed by atoms with E-state index in [2.05, 4.69) is 82.1 Å². The van der Waals surface area contributed by atoms with E-state index in [1.165, 1.54) is 22.3 Å². The van der Waals surface area contributed by atoms with E-state index in [0.717, 1.165) is 29.9 Å². The van der Waals surface area contributed by atoms with Crippen LogP contribution in [0.25, 0.3) is 0 Å². The van der Waals surface area contributed by atoms with Crippen LogP contribution in [0.5, 0.6) is 0 Å². The Kier molecular flexibility index (Phi) is 4.80. The molecule has 2 heteroatoms. The lowest BCUT2D eigenvalue weighted by Gasteiger charge is -2.40. The highest BCUT2D eigenvalue weighted by Gasteiger charge is 2.37. The third-order valence-corrected chi connectivity index (χ3v) is 6.57. The van der Waals surface area contributed by atoms with Crippen molar-refractivity contribution >= 4 is 31.9 Å². The minimum atomic E-state index is 0.166. The number of benzene rings is 2. The fraction of sp³-hybridized carbons (Fsp3) is 0.400. The molecule has 0 N–H and O–H groups in total. The zero-order valence-corrected chi connectivity index (χ0v) is 16.4. The van der Waals surface area contributed by atoms with Gasteiger partial charge in [-0.1, -0.05) is 82.1 Å². The summed E-state index contributed by atoms with van der Waals surface area (Å²) < 4.78 is 0. The van der Waals surface area contributed by atoms with Crippen molar-refractivity contribution in [3.63, 3.8) is 0 Å². The maximum atomic E-state index is 3.62. The Morgan fingerprint density at radius 1 is 0.818 bits per heavy atom. The third kappa shape index (κ3) is 2.49. The second kappa shape index (κ2) is 6.49. The molecule has 0 atom stereocenters. The Morgan fingerprint density at radius 2 is 1.27 bits per heavy atom. The molecule has 2 aromatic carbocycles. The van der Waals surface area contributed by atoms with Gasteiger partial charge in [0, 0.05) is 16.1 Å². The molecule has 0 radical (unpaired) electrons. The Morgan fingerprint density at radius 3 is 1.64 bits per heavy atom. The highest BCUT2D eigenvalue weighted by atomic mass is 79.9. The second-order valence-electron chi connectivity index (χ2n) is 6.22. The van der Waals surface area contributed by atoms with Crippen LogP contribution < -0.4 is 0 Å². The lowest BCUT2D eigenvalue weighted by Crippen LogP contribution is -2.32. The Labute approximate surface area is 150 Å². The monoisotopic (exact) mass is 420 g/mol. The normalized spacial score (nSPS) is 15.3. The molecular formula is C20H22Br2. The van der Waals surface area contributed by atoms with Gasteiger partial charge < -0.3 is 0 Å². The van der Waals surface area contributed by atoms with Crippen molar-refractivity contribution in [2.45, 2.75) is 49.2 Å². The topological polar surface area (TPSA) is 0 Å². The lowest BCUT2D eigenvalue weighted by atomic mass is 9.63. The van der Waals surface area contributed by atoms with Crippen molar-refractivity contribution in [3.05, 3.63) is 69.8 Å². The second-order valence-corrected chi connectivity index (χ2v) is 7.34. The van der Waals surface area contributed by atoms with Gasteiger partial charge in [-0.2, -0.15) is 0 Å². The molecule has 0 nitrogen and oxygen atoms in total. The van der Waals surface area contributed by atoms with Gasteiger partial charge in [0.15, 0.2) is 0 Å². The van der Waals surface area contributed by atoms with Crippen LogP contribution in [0.3, 0.4) is 0 Å². The van der Waals surface area contributed by atoms with E-state index < -0.39 is 0 Å². The SMILES string of the molecule is CCC1(CC)c2cc(CBr)ccc2Cc2ccc(CBr)cc21. The molecule has 0 fully saturated rings. The first-order valence-corrected chi connectivity index (χ1v) is 10.3. The van der Waals surface area contributed by atoms with E-state index in [1.807, 2.05) is 0 Å². The van der Waals surface area contributed by atoms with Crippen molar-refractivity contribution in [2.75, 3.05) is 0 Å². The molecule has 0 bridgehead atoms. The first kappa shape index (κ1) is 16.3. The molecule has 0 spiro atoms. The van der Waals surface area contributed by atoms with Crippen LogP contribution in [0, 0.1) is 0 Å². The van der Waals surface area contributed by atoms with Gasteiger partial charge in [-0.05, 0) is 52.6 Å². The van der Waals surface area contributed by atoms with Crippen LogP contribution >= 0.6 is 31.9 Å². The van der Waals surface area contributed by atoms with Crippen LogP contribution in [-0.4, -0.2) is 0 Å². The van der Waals surface area contributed by atoms with Crippen molar-refractivity contribution in [1.82, 2.24) is 0 Å². The zero-order chi connectivity index (χ0) is 15.7. The zero-order valence-electron chi connectivity index (χ0n) is 13.3. The number of rotatable bonds is 4. The molecule has 0 aromatic heterocycles. The van der Waals surface area contributed by atoms with E-state index in [9.17, 15) is 0 Å². The molecule has 0 unspecified atom stereocenters. The summed E-state index contributed by atoms with van der Waals surface area (Å²) in [7, 11) is 0. The van der Waals surface area contributed by atoms with Gasteiger partial charge in [0.2, 0.25) is 0 Å². The van der Waals surface area contributed by atoms with Crippen LogP contribution in [-0.2, 0) is 22.5 Å². The minimum absolute atomic E-state index is 0.166. The van der Waals surface area contributed by atoms with Crippen molar-refractivity contribution in [3.8, 4) is 0 Å². The third-order valence-electron chi connectivity index (χ3n) is 5.28. The summed E-state index contributed by atoms with van der Waals surface area (Å²) in [5, 5.41) is 1.86. The summed E-state index contributed by atoms with van der Waals surface area (Å²) in [5.41, 5.74) is 9.04. The summed E-state index contributed by atoms with van der Waals surface area (Å²) in [6.07, 6.45) is 3.37. The smallest absolute Gasteiger partial charge is 0.0283 e. The van der Waals surface area contributed by atoms with E-state index in [-0.39, 0.29) is 5.41 Å². The number of hydrogen-bond donors (Lipinski definition) is 0. The summed E-state index contributed by atoms with van der Waals surface area (Å²) >= 11 is 7.23. The summed E-state index contributed by atoms with van der Waals surface area (Å²) in [4.78, 5) is 0. The number of hydrogen-bond acceptors (Lipinski definition) is 0. The highest BCUT2D eigenvalue weighted by molar-refractivity contribution is 9.08. The van der Waals surface area contributed by atoms with Crippen LogP contribution in [0.4, 0.5) is 0 Å². The fourth-order valence-corrected chi connectivity index (χ4v) is 4.67. The molecular weight excluding hydrogens is 400 g/mol. The highest BCUT2D eigenvalue weighted by Crippen LogP contribution is 2.47. The first-order valence-electron chi connectivity index (χ1n) is 8.05. The molecule has 0 aliphatic heterocycles. The summed E-state index contributed by atoms with van der Waals surface area (Å²) in [6, 6.07) is 14.1. The number of alkyl halides is 2. The standard InChI is InChI=1S/C20H22Br2/c1-3-20(4-2)18-9-14(12-21)5-7-16(18)11-17-8-6-15(13-22)10-19(17)20/h5-10H,3-4,11-13H2,1-2H3. The van der Waals surface area contributed by atoms with Crippen LogP contribution in [0.1, 0.15) is 60.1 Å². The average Bonchev–Trinajstić information content (AvgIpc) is 2.59. The molecule has 22 heavy (non-hydrogen) atoms. The lowest BCUT2D eigenvalue weighted by molar-refractivity contribution is 0.462. The van der Waals surface area contributed by atoms with Gasteiger partial charge in [-0.15, -0.1) is 0 Å². The Balaban J connectivity index is 2.26. The van der Waals surface area contributed by atoms with Gasteiger partial charge in [-0.25, -0.2) is 0 Å². The molecule has 116 valence electrons. The average molecular weight is 422 g/mol. The van der Waals surface area contributed by atoms with Gasteiger partial charge in [0.1, 0.15) is 0 Å². The largest absolute Gasteiger partial charge is 0.0876 e. The molecule has 0 saturated heterocycles. The van der Waals surface area contributed by atoms with Gasteiger partial charge in [0.25, 0.3) is 0 Å². The molecule has 0 heterocycles. The summed E-state index contributed by atoms with van der Waals surface area (Å²) in [5.74, 6) is 0. The molecule has 1 aliphatic rings. The fourth-order valence-electron chi connectivity index (χ4n) is 3.97. The first-order chi connectivity index (χ1) is 10.7. The van der Waals surface area contributed by atoms with Crippen LogP contribution in [0.15, 0.2) is 36.4 Å². The molecule has 0 saturated carbocycles. The van der Waals surface area contributed by atoms with Gasteiger partial charge in [0.05, 0.1) is 0 Å². The predicted molar refractivity (Wildman–Crippen MR) is 102 cm³/mol. The molecule has 0 amide bonds. The van der Waals surface area contributed by atoms with Gasteiger partial charge >= 0.3 is 0 Å². The van der Waals surface area contributed by atoms with E-state index in [4.69, 9.17) is 0 Å². The molecule has 1 aliphatic carbocycles. The van der Waals surface area contributed by atoms with Crippen molar-refractivity contribution < 1.29 is 0 Å². The Hall–Kier alpha value is -0.600. The van der Waals surface area contributed by atoms with E-state index >= 15 is 0 Å². The maximum absolute atomic E-state index is 3.62. The van der Waals surface area contributed by atoms with E-state index in [0.29, 0.717) is 0 Å². The quantitative estimate of drug-likeness (QED) is 0.495. The number of halogens is 2. The van der Waals surface area contributed by atoms with Crippen molar-refractivity contribution in [2.24, 2.45) is 0 Å². The van der Waals surface area contributed by atoms with Crippen LogP contribution in [0.2, 0.25) is 0 Å². The van der Waals surface area contributed by atoms with Gasteiger partial charge in [-0.3, -0.25) is 0 Å². The minimum Gasteiger partial charge on any atom is -0.0876 e. The summed E-state index contributed by atoms with van der Waals surface area (Å²) in [6.45, 7) is 4.67. The number of fused-ring (bicyclic) bond motifs is 2. The molecule has 2 aromatic rings. The van der Waals surface area contributed by atoms with Crippen molar-refractivity contribution in [1.29, 1.82) is 0 Å².